The smallest absolute Gasteiger partial charge is 0.128 e. The topological polar surface area (TPSA) is 30.5 Å². The fraction of sp³-hybridized carbons (Fsp3) is 0.571. The lowest BCUT2D eigenvalue weighted by Crippen LogP contribution is -2.28. The van der Waals surface area contributed by atoms with Crippen molar-refractivity contribution in [2.24, 2.45) is 0 Å². The average molecular weight is 332 g/mol. The molecule has 0 amide bonds. The van der Waals surface area contributed by atoms with Gasteiger partial charge in [-0.2, -0.15) is 0 Å². The number of ether oxygens (including phenoxy) is 2. The highest BCUT2D eigenvalue weighted by Crippen LogP contribution is 2.23. The Morgan fingerprint density at radius 2 is 2.16 bits per heavy atom. The molecule has 1 aliphatic heterocycles. The Labute approximate surface area is 121 Å². The van der Waals surface area contributed by atoms with E-state index in [9.17, 15) is 4.39 Å². The van der Waals surface area contributed by atoms with Gasteiger partial charge in [0.2, 0.25) is 0 Å². The highest BCUT2D eigenvalue weighted by Gasteiger charge is 2.25. The highest BCUT2D eigenvalue weighted by molar-refractivity contribution is 9.10. The summed E-state index contributed by atoms with van der Waals surface area (Å²) in [5, 5.41) is 3.28. The first-order chi connectivity index (χ1) is 9.17. The quantitative estimate of drug-likeness (QED) is 0.868. The van der Waals surface area contributed by atoms with E-state index in [1.165, 1.54) is 12.1 Å². The van der Waals surface area contributed by atoms with E-state index in [0.717, 1.165) is 25.9 Å². The maximum absolute atomic E-state index is 13.2. The Balaban J connectivity index is 1.77. The van der Waals surface area contributed by atoms with Gasteiger partial charge in [-0.05, 0) is 31.5 Å². The van der Waals surface area contributed by atoms with Crippen LogP contribution in [0, 0.1) is 5.82 Å². The number of halogens is 2. The molecular formula is C14H19BrFNO2. The lowest BCUT2D eigenvalue weighted by molar-refractivity contribution is 0.0187. The van der Waals surface area contributed by atoms with Crippen LogP contribution in [0.15, 0.2) is 22.7 Å². The maximum atomic E-state index is 13.2. The van der Waals surface area contributed by atoms with Gasteiger partial charge in [0.05, 0.1) is 12.2 Å². The van der Waals surface area contributed by atoms with Crippen molar-refractivity contribution in [1.82, 2.24) is 5.32 Å². The van der Waals surface area contributed by atoms with Crippen molar-refractivity contribution in [2.75, 3.05) is 19.7 Å². The molecule has 3 nitrogen and oxygen atoms in total. The predicted molar refractivity (Wildman–Crippen MR) is 76.0 cm³/mol. The lowest BCUT2D eigenvalue weighted by Gasteiger charge is -2.15. The average Bonchev–Trinajstić information content (AvgIpc) is 2.81. The molecule has 1 fully saturated rings. The van der Waals surface area contributed by atoms with Crippen LogP contribution < -0.4 is 10.1 Å². The fourth-order valence-corrected chi connectivity index (χ4v) is 2.60. The summed E-state index contributed by atoms with van der Waals surface area (Å²) in [6.45, 7) is 4.40. The molecule has 19 heavy (non-hydrogen) atoms. The Morgan fingerprint density at radius 1 is 1.37 bits per heavy atom. The molecule has 1 aromatic rings. The summed E-state index contributed by atoms with van der Waals surface area (Å²) >= 11 is 3.24. The minimum absolute atomic E-state index is 0.102. The molecule has 1 aromatic carbocycles. The van der Waals surface area contributed by atoms with Crippen LogP contribution in [-0.4, -0.2) is 31.9 Å². The molecule has 1 aliphatic rings. The van der Waals surface area contributed by atoms with Crippen molar-refractivity contribution < 1.29 is 13.9 Å². The molecule has 1 N–H and O–H groups in total. The van der Waals surface area contributed by atoms with Crippen LogP contribution in [0.2, 0.25) is 0 Å². The molecule has 1 heterocycles. The molecule has 1 saturated heterocycles. The van der Waals surface area contributed by atoms with Crippen molar-refractivity contribution >= 4 is 15.9 Å². The summed E-state index contributed by atoms with van der Waals surface area (Å²) in [6, 6.07) is 4.55. The van der Waals surface area contributed by atoms with Gasteiger partial charge in [0.15, 0.2) is 0 Å². The van der Waals surface area contributed by atoms with Gasteiger partial charge in [-0.3, -0.25) is 0 Å². The third-order valence-electron chi connectivity index (χ3n) is 3.09. The summed E-state index contributed by atoms with van der Waals surface area (Å²) in [7, 11) is 0. The van der Waals surface area contributed by atoms with Crippen LogP contribution in [-0.2, 0) is 4.74 Å². The van der Waals surface area contributed by atoms with Gasteiger partial charge in [-0.25, -0.2) is 4.39 Å². The van der Waals surface area contributed by atoms with Crippen LogP contribution in [0.25, 0.3) is 0 Å². The summed E-state index contributed by atoms with van der Waals surface area (Å²) in [4.78, 5) is 0. The largest absolute Gasteiger partial charge is 0.491 e. The first-order valence-electron chi connectivity index (χ1n) is 6.62. The first-order valence-corrected chi connectivity index (χ1v) is 7.41. The normalized spacial score (nSPS) is 22.7. The number of rotatable bonds is 6. The van der Waals surface area contributed by atoms with E-state index in [1.807, 2.05) is 0 Å². The fourth-order valence-electron chi connectivity index (χ4n) is 2.16. The standard InChI is InChI=1S/C14H19BrFNO2/c1-2-17-8-12-3-4-13(19-12)9-18-14-6-10(15)5-11(16)7-14/h5-7,12-13,17H,2-4,8-9H2,1H3. The van der Waals surface area contributed by atoms with Crippen molar-refractivity contribution in [3.05, 3.63) is 28.5 Å². The van der Waals surface area contributed by atoms with E-state index >= 15 is 0 Å². The van der Waals surface area contributed by atoms with Gasteiger partial charge >= 0.3 is 0 Å². The van der Waals surface area contributed by atoms with Crippen molar-refractivity contribution in [3.63, 3.8) is 0 Å². The molecule has 0 saturated carbocycles. The molecule has 2 atom stereocenters. The van der Waals surface area contributed by atoms with E-state index < -0.39 is 0 Å². The van der Waals surface area contributed by atoms with E-state index in [-0.39, 0.29) is 18.0 Å². The summed E-state index contributed by atoms with van der Waals surface area (Å²) in [5.41, 5.74) is 0. The summed E-state index contributed by atoms with van der Waals surface area (Å²) in [5.74, 6) is 0.229. The number of likely N-dealkylation sites (N-methyl/N-ethyl adjacent to an activating group) is 1. The second kappa shape index (κ2) is 7.22. The number of hydrogen-bond acceptors (Lipinski definition) is 3. The third-order valence-corrected chi connectivity index (χ3v) is 3.55. The number of nitrogens with one attached hydrogen (secondary N) is 1. The molecule has 0 radical (unpaired) electrons. The van der Waals surface area contributed by atoms with E-state index in [2.05, 4.69) is 28.2 Å². The highest BCUT2D eigenvalue weighted by atomic mass is 79.9. The molecule has 0 spiro atoms. The van der Waals surface area contributed by atoms with Gasteiger partial charge in [-0.1, -0.05) is 22.9 Å². The SMILES string of the molecule is CCNCC1CCC(COc2cc(F)cc(Br)c2)O1. The van der Waals surface area contributed by atoms with Gasteiger partial charge in [0.25, 0.3) is 0 Å². The minimum atomic E-state index is -0.304. The van der Waals surface area contributed by atoms with Crippen LogP contribution in [0.4, 0.5) is 4.39 Å². The van der Waals surface area contributed by atoms with E-state index in [4.69, 9.17) is 9.47 Å². The molecule has 0 bridgehead atoms. The van der Waals surface area contributed by atoms with Gasteiger partial charge in [0.1, 0.15) is 18.2 Å². The van der Waals surface area contributed by atoms with Gasteiger partial charge in [-0.15, -0.1) is 0 Å². The Hall–Kier alpha value is -0.650. The van der Waals surface area contributed by atoms with Crippen LogP contribution >= 0.6 is 15.9 Å². The first kappa shape index (κ1) is 14.8. The molecule has 106 valence electrons. The molecule has 2 unspecified atom stereocenters. The van der Waals surface area contributed by atoms with E-state index in [1.54, 1.807) is 6.07 Å². The Bertz CT molecular complexity index is 396. The van der Waals surface area contributed by atoms with Gasteiger partial charge in [0, 0.05) is 17.1 Å². The molecule has 2 rings (SSSR count). The number of hydrogen-bond donors (Lipinski definition) is 1. The third kappa shape index (κ3) is 4.75. The van der Waals surface area contributed by atoms with Crippen LogP contribution in [0.5, 0.6) is 5.75 Å². The zero-order valence-electron chi connectivity index (χ0n) is 11.0. The Morgan fingerprint density at radius 3 is 2.89 bits per heavy atom. The Kier molecular flexibility index (Phi) is 5.60. The van der Waals surface area contributed by atoms with Gasteiger partial charge < -0.3 is 14.8 Å². The molecule has 5 heteroatoms. The van der Waals surface area contributed by atoms with Crippen molar-refractivity contribution in [1.29, 1.82) is 0 Å². The summed E-state index contributed by atoms with van der Waals surface area (Å²) in [6.07, 6.45) is 2.42. The second-order valence-electron chi connectivity index (χ2n) is 4.68. The minimum Gasteiger partial charge on any atom is -0.491 e. The monoisotopic (exact) mass is 331 g/mol. The molecular weight excluding hydrogens is 313 g/mol. The van der Waals surface area contributed by atoms with Crippen molar-refractivity contribution in [2.45, 2.75) is 32.0 Å². The molecule has 0 aromatic heterocycles. The van der Waals surface area contributed by atoms with E-state index in [0.29, 0.717) is 16.8 Å². The van der Waals surface area contributed by atoms with Crippen LogP contribution in [0.1, 0.15) is 19.8 Å². The zero-order valence-corrected chi connectivity index (χ0v) is 12.6. The van der Waals surface area contributed by atoms with Crippen LogP contribution in [0.3, 0.4) is 0 Å². The molecule has 0 aliphatic carbocycles. The predicted octanol–water partition coefficient (Wildman–Crippen LogP) is 3.12. The second-order valence-corrected chi connectivity index (χ2v) is 5.60. The maximum Gasteiger partial charge on any atom is 0.128 e. The number of benzene rings is 1. The summed E-state index contributed by atoms with van der Waals surface area (Å²) < 4.78 is 25.3. The zero-order chi connectivity index (χ0) is 13.7. The lowest BCUT2D eigenvalue weighted by atomic mass is 10.2. The van der Waals surface area contributed by atoms with Crippen molar-refractivity contribution in [3.8, 4) is 5.75 Å².